The van der Waals surface area contributed by atoms with Gasteiger partial charge in [-0.3, -0.25) is 4.79 Å². The summed E-state index contributed by atoms with van der Waals surface area (Å²) in [5.74, 6) is -0.386. The van der Waals surface area contributed by atoms with Crippen molar-refractivity contribution in [2.75, 3.05) is 19.7 Å². The third-order valence-electron chi connectivity index (χ3n) is 2.85. The second-order valence-electron chi connectivity index (χ2n) is 4.30. The van der Waals surface area contributed by atoms with Gasteiger partial charge in [-0.15, -0.1) is 0 Å². The number of aliphatic hydroxyl groups excluding tert-OH is 1. The first kappa shape index (κ1) is 14.2. The Labute approximate surface area is 112 Å². The van der Waals surface area contributed by atoms with Crippen LogP contribution in [0.25, 0.3) is 0 Å². The van der Waals surface area contributed by atoms with E-state index in [9.17, 15) is 18.0 Å². The Morgan fingerprint density at radius 3 is 2.58 bits per heavy atom. The van der Waals surface area contributed by atoms with Crippen LogP contribution in [-0.2, 0) is 0 Å². The second-order valence-corrected chi connectivity index (χ2v) is 5.41. The van der Waals surface area contributed by atoms with E-state index in [1.165, 1.54) is 29.2 Å². The summed E-state index contributed by atoms with van der Waals surface area (Å²) in [4.78, 5) is 13.4. The van der Waals surface area contributed by atoms with Gasteiger partial charge in [-0.25, -0.2) is 0 Å². The highest BCUT2D eigenvalue weighted by Gasteiger charge is 2.34. The van der Waals surface area contributed by atoms with Crippen molar-refractivity contribution in [1.82, 2.24) is 4.90 Å². The molecule has 0 saturated carbocycles. The van der Waals surface area contributed by atoms with Crippen molar-refractivity contribution < 1.29 is 23.1 Å². The molecule has 19 heavy (non-hydrogen) atoms. The largest absolute Gasteiger partial charge is 0.446 e. The van der Waals surface area contributed by atoms with Crippen LogP contribution in [0.1, 0.15) is 10.4 Å². The number of thioether (sulfide) groups is 1. The minimum Gasteiger partial charge on any atom is -0.396 e. The Hall–Kier alpha value is -1.21. The van der Waals surface area contributed by atoms with E-state index in [4.69, 9.17) is 5.11 Å². The molecule has 0 aromatic heterocycles. The smallest absolute Gasteiger partial charge is 0.396 e. The van der Waals surface area contributed by atoms with Crippen LogP contribution in [0, 0.1) is 5.92 Å². The highest BCUT2D eigenvalue weighted by molar-refractivity contribution is 8.00. The van der Waals surface area contributed by atoms with Crippen LogP contribution in [0.5, 0.6) is 0 Å². The van der Waals surface area contributed by atoms with Gasteiger partial charge in [0.2, 0.25) is 0 Å². The van der Waals surface area contributed by atoms with Crippen LogP contribution in [0.15, 0.2) is 29.2 Å². The van der Waals surface area contributed by atoms with Gasteiger partial charge in [0.25, 0.3) is 5.91 Å². The Bertz CT molecular complexity index is 472. The first-order valence-electron chi connectivity index (χ1n) is 5.65. The summed E-state index contributed by atoms with van der Waals surface area (Å²) < 4.78 is 37.2. The van der Waals surface area contributed by atoms with Gasteiger partial charge in [0.05, 0.1) is 5.56 Å². The molecule has 0 spiro atoms. The highest BCUT2D eigenvalue weighted by atomic mass is 32.2. The van der Waals surface area contributed by atoms with Gasteiger partial charge >= 0.3 is 5.51 Å². The van der Waals surface area contributed by atoms with E-state index in [2.05, 4.69) is 0 Å². The van der Waals surface area contributed by atoms with Crippen molar-refractivity contribution >= 4 is 17.7 Å². The highest BCUT2D eigenvalue weighted by Crippen LogP contribution is 2.39. The Morgan fingerprint density at radius 2 is 2.00 bits per heavy atom. The average molecular weight is 291 g/mol. The van der Waals surface area contributed by atoms with Crippen molar-refractivity contribution in [2.24, 2.45) is 5.92 Å². The van der Waals surface area contributed by atoms with Crippen molar-refractivity contribution in [3.63, 3.8) is 0 Å². The summed E-state index contributed by atoms with van der Waals surface area (Å²) in [6, 6.07) is 5.69. The molecule has 2 rings (SSSR count). The van der Waals surface area contributed by atoms with Gasteiger partial charge in [0.1, 0.15) is 0 Å². The van der Waals surface area contributed by atoms with Gasteiger partial charge in [0.15, 0.2) is 0 Å². The molecule has 0 radical (unpaired) electrons. The summed E-state index contributed by atoms with van der Waals surface area (Å²) in [6.07, 6.45) is 0. The lowest BCUT2D eigenvalue weighted by molar-refractivity contribution is -0.0328. The molecule has 7 heteroatoms. The molecular weight excluding hydrogens is 279 g/mol. The standard InChI is InChI=1S/C12H12F3NO2S/c13-12(14,15)19-10-4-2-1-3-9(10)11(18)16-5-8(6-16)7-17/h1-4,8,17H,5-7H2. The van der Waals surface area contributed by atoms with Crippen LogP contribution < -0.4 is 0 Å². The third kappa shape index (κ3) is 3.42. The molecular formula is C12H12F3NO2S. The van der Waals surface area contributed by atoms with Crippen molar-refractivity contribution in [3.8, 4) is 0 Å². The molecule has 3 nitrogen and oxygen atoms in total. The lowest BCUT2D eigenvalue weighted by Gasteiger charge is -2.38. The number of amides is 1. The molecule has 1 fully saturated rings. The normalized spacial score (nSPS) is 16.3. The minimum atomic E-state index is -4.42. The molecule has 1 aliphatic heterocycles. The number of hydrogen-bond acceptors (Lipinski definition) is 3. The summed E-state index contributed by atoms with van der Waals surface area (Å²) in [5.41, 5.74) is -4.36. The molecule has 0 bridgehead atoms. The predicted molar refractivity (Wildman–Crippen MR) is 64.8 cm³/mol. The van der Waals surface area contributed by atoms with E-state index in [-0.39, 0.29) is 34.7 Å². The summed E-state index contributed by atoms with van der Waals surface area (Å²) in [5, 5.41) is 8.87. The minimum absolute atomic E-state index is 0.0112. The Kier molecular flexibility index (Phi) is 4.05. The van der Waals surface area contributed by atoms with Gasteiger partial charge < -0.3 is 10.0 Å². The van der Waals surface area contributed by atoms with Gasteiger partial charge in [-0.1, -0.05) is 12.1 Å². The molecule has 104 valence electrons. The van der Waals surface area contributed by atoms with Crippen LogP contribution in [0.3, 0.4) is 0 Å². The van der Waals surface area contributed by atoms with Crippen LogP contribution in [-0.4, -0.2) is 41.1 Å². The van der Waals surface area contributed by atoms with Gasteiger partial charge in [-0.2, -0.15) is 13.2 Å². The molecule has 1 aromatic carbocycles. The zero-order valence-electron chi connectivity index (χ0n) is 9.85. The summed E-state index contributed by atoms with van der Waals surface area (Å²) in [6.45, 7) is 0.767. The van der Waals surface area contributed by atoms with Crippen molar-refractivity contribution in [1.29, 1.82) is 0 Å². The lowest BCUT2D eigenvalue weighted by Crippen LogP contribution is -2.51. The SMILES string of the molecule is O=C(c1ccccc1SC(F)(F)F)N1CC(CO)C1. The number of benzene rings is 1. The third-order valence-corrected chi connectivity index (χ3v) is 3.65. The molecule has 1 amide bonds. The fraction of sp³-hybridized carbons (Fsp3) is 0.417. The maximum Gasteiger partial charge on any atom is 0.446 e. The van der Waals surface area contributed by atoms with Gasteiger partial charge in [0, 0.05) is 30.5 Å². The number of carbonyl (C=O) groups excluding carboxylic acids is 1. The quantitative estimate of drug-likeness (QED) is 0.869. The number of rotatable bonds is 3. The van der Waals surface area contributed by atoms with E-state index in [0.717, 1.165) is 0 Å². The van der Waals surface area contributed by atoms with Crippen LogP contribution in [0.4, 0.5) is 13.2 Å². The molecule has 1 aliphatic rings. The van der Waals surface area contributed by atoms with E-state index >= 15 is 0 Å². The number of nitrogens with zero attached hydrogens (tertiary/aromatic N) is 1. The number of hydrogen-bond donors (Lipinski definition) is 1. The summed E-state index contributed by atoms with van der Waals surface area (Å²) in [7, 11) is 0. The number of alkyl halides is 3. The maximum atomic E-state index is 12.4. The average Bonchev–Trinajstić information content (AvgIpc) is 2.26. The molecule has 1 N–H and O–H groups in total. The Morgan fingerprint density at radius 1 is 1.37 bits per heavy atom. The lowest BCUT2D eigenvalue weighted by atomic mass is 10.00. The maximum absolute atomic E-state index is 12.4. The Balaban J connectivity index is 2.14. The topological polar surface area (TPSA) is 40.5 Å². The first-order valence-corrected chi connectivity index (χ1v) is 6.47. The molecule has 0 atom stereocenters. The van der Waals surface area contributed by atoms with E-state index in [1.54, 1.807) is 0 Å². The van der Waals surface area contributed by atoms with E-state index < -0.39 is 11.4 Å². The van der Waals surface area contributed by atoms with Crippen LogP contribution in [0.2, 0.25) is 0 Å². The molecule has 0 unspecified atom stereocenters. The van der Waals surface area contributed by atoms with Crippen molar-refractivity contribution in [3.05, 3.63) is 29.8 Å². The zero-order chi connectivity index (χ0) is 14.0. The second kappa shape index (κ2) is 5.42. The number of carbonyl (C=O) groups is 1. The molecule has 1 aromatic rings. The molecule has 1 heterocycles. The monoisotopic (exact) mass is 291 g/mol. The number of halogens is 3. The van der Waals surface area contributed by atoms with E-state index in [1.807, 2.05) is 0 Å². The van der Waals surface area contributed by atoms with Gasteiger partial charge in [-0.05, 0) is 23.9 Å². The fourth-order valence-corrected chi connectivity index (χ4v) is 2.54. The zero-order valence-corrected chi connectivity index (χ0v) is 10.7. The van der Waals surface area contributed by atoms with Crippen LogP contribution >= 0.6 is 11.8 Å². The number of likely N-dealkylation sites (tertiary alicyclic amines) is 1. The number of aliphatic hydroxyl groups is 1. The molecule has 1 saturated heterocycles. The summed E-state index contributed by atoms with van der Waals surface area (Å²) >= 11 is -0.283. The fourth-order valence-electron chi connectivity index (χ4n) is 1.88. The van der Waals surface area contributed by atoms with Crippen molar-refractivity contribution in [2.45, 2.75) is 10.4 Å². The molecule has 0 aliphatic carbocycles. The predicted octanol–water partition coefficient (Wildman–Crippen LogP) is 2.36. The van der Waals surface area contributed by atoms with E-state index in [0.29, 0.717) is 13.1 Å². The first-order chi connectivity index (χ1) is 8.90.